The predicted octanol–water partition coefficient (Wildman–Crippen LogP) is 7.32. The summed E-state index contributed by atoms with van der Waals surface area (Å²) in [5, 5.41) is 8.23. The van der Waals surface area contributed by atoms with Crippen molar-refractivity contribution in [3.05, 3.63) is 125 Å². The first-order valence-corrected chi connectivity index (χ1v) is 14.3. The van der Waals surface area contributed by atoms with E-state index in [9.17, 15) is 4.79 Å². The molecule has 7 nitrogen and oxygen atoms in total. The van der Waals surface area contributed by atoms with Crippen molar-refractivity contribution in [3.63, 3.8) is 0 Å². The minimum Gasteiger partial charge on any atom is -0.492 e. The van der Waals surface area contributed by atoms with Gasteiger partial charge in [0, 0.05) is 11.8 Å². The van der Waals surface area contributed by atoms with Gasteiger partial charge in [0.05, 0.1) is 42.0 Å². The highest BCUT2D eigenvalue weighted by Gasteiger charge is 2.36. The maximum atomic E-state index is 14.3. The summed E-state index contributed by atoms with van der Waals surface area (Å²) in [6, 6.07) is 30.0. The molecule has 0 aliphatic carbocycles. The lowest BCUT2D eigenvalue weighted by Gasteiger charge is -2.31. The highest BCUT2D eigenvalue weighted by molar-refractivity contribution is 5.91. The first-order valence-electron chi connectivity index (χ1n) is 14.3. The molecule has 7 heteroatoms. The Labute approximate surface area is 241 Å². The second kappa shape index (κ2) is 11.4. The van der Waals surface area contributed by atoms with E-state index in [1.54, 1.807) is 0 Å². The molecule has 1 aliphatic heterocycles. The van der Waals surface area contributed by atoms with Crippen LogP contribution in [0.5, 0.6) is 5.75 Å². The van der Waals surface area contributed by atoms with Crippen LogP contribution < -0.4 is 10.1 Å². The van der Waals surface area contributed by atoms with E-state index in [-0.39, 0.29) is 12.1 Å². The number of fused-ring (bicyclic) bond motifs is 3. The Kier molecular flexibility index (Phi) is 7.33. The number of anilines is 1. The Hall–Kier alpha value is -4.78. The van der Waals surface area contributed by atoms with Gasteiger partial charge in [-0.3, -0.25) is 0 Å². The summed E-state index contributed by atoms with van der Waals surface area (Å²) in [6.07, 6.45) is 3.78. The molecule has 0 fully saturated rings. The molecule has 0 unspecified atom stereocenters. The van der Waals surface area contributed by atoms with Crippen LogP contribution in [0, 0.1) is 0 Å². The van der Waals surface area contributed by atoms with Crippen molar-refractivity contribution in [1.82, 2.24) is 19.2 Å². The average molecular weight is 546 g/mol. The topological polar surface area (TPSA) is 64.3 Å². The van der Waals surface area contributed by atoms with Gasteiger partial charge in [0.1, 0.15) is 11.6 Å². The predicted molar refractivity (Wildman–Crippen MR) is 162 cm³/mol. The summed E-state index contributed by atoms with van der Waals surface area (Å²) in [5.41, 5.74) is 6.95. The summed E-state index contributed by atoms with van der Waals surface area (Å²) in [7, 11) is 0. The zero-order valence-electron chi connectivity index (χ0n) is 23.7. The molecule has 1 aliphatic rings. The number of para-hydroxylation sites is 3. The third kappa shape index (κ3) is 4.88. The monoisotopic (exact) mass is 545 g/mol. The summed E-state index contributed by atoms with van der Waals surface area (Å²) < 4.78 is 10.0. The quantitative estimate of drug-likeness (QED) is 0.233. The molecule has 208 valence electrons. The molecule has 2 amide bonds. The van der Waals surface area contributed by atoms with Gasteiger partial charge in [-0.1, -0.05) is 68.4 Å². The van der Waals surface area contributed by atoms with Crippen LogP contribution >= 0.6 is 0 Å². The van der Waals surface area contributed by atoms with E-state index in [4.69, 9.17) is 9.84 Å². The number of carbonyl (C=O) groups is 1. The molecule has 1 atom stereocenters. The fourth-order valence-electron chi connectivity index (χ4n) is 5.67. The van der Waals surface area contributed by atoms with Gasteiger partial charge in [-0.15, -0.1) is 0 Å². The van der Waals surface area contributed by atoms with Crippen molar-refractivity contribution in [2.45, 2.75) is 46.2 Å². The number of nitrogens with zero attached hydrogens (tertiary/aromatic N) is 4. The maximum Gasteiger partial charge on any atom is 0.323 e. The first-order chi connectivity index (χ1) is 20.1. The van der Waals surface area contributed by atoms with Gasteiger partial charge in [0.25, 0.3) is 0 Å². The fraction of sp³-hybridized carbons (Fsp3) is 0.235. The highest BCUT2D eigenvalue weighted by Crippen LogP contribution is 2.39. The normalized spacial score (nSPS) is 14.2. The van der Waals surface area contributed by atoms with Gasteiger partial charge in [-0.05, 0) is 67.3 Å². The van der Waals surface area contributed by atoms with Crippen LogP contribution in [0.15, 0.2) is 97.2 Å². The molecule has 3 heterocycles. The van der Waals surface area contributed by atoms with Crippen molar-refractivity contribution in [1.29, 1.82) is 0 Å². The lowest BCUT2D eigenvalue weighted by Crippen LogP contribution is -2.38. The fourth-order valence-corrected chi connectivity index (χ4v) is 5.67. The Morgan fingerprint density at radius 1 is 0.902 bits per heavy atom. The molecule has 6 rings (SSSR count). The van der Waals surface area contributed by atoms with Gasteiger partial charge >= 0.3 is 6.03 Å². The summed E-state index contributed by atoms with van der Waals surface area (Å²) in [4.78, 5) is 16.3. The van der Waals surface area contributed by atoms with Gasteiger partial charge in [0.15, 0.2) is 0 Å². The number of carbonyl (C=O) groups excluding carboxylic acids is 1. The molecule has 0 radical (unpaired) electrons. The van der Waals surface area contributed by atoms with E-state index in [2.05, 4.69) is 72.4 Å². The summed E-state index contributed by atoms with van der Waals surface area (Å²) in [5.74, 6) is 1.62. The van der Waals surface area contributed by atoms with Crippen LogP contribution in [-0.2, 0) is 19.4 Å². The molecule has 0 saturated heterocycles. The first kappa shape index (κ1) is 26.4. The van der Waals surface area contributed by atoms with Gasteiger partial charge in [0.2, 0.25) is 0 Å². The Balaban J connectivity index is 1.53. The summed E-state index contributed by atoms with van der Waals surface area (Å²) >= 11 is 0. The van der Waals surface area contributed by atoms with Crippen LogP contribution in [0.2, 0.25) is 0 Å². The van der Waals surface area contributed by atoms with Crippen molar-refractivity contribution in [2.24, 2.45) is 0 Å². The zero-order valence-corrected chi connectivity index (χ0v) is 23.7. The maximum absolute atomic E-state index is 14.3. The molecule has 3 aromatic carbocycles. The minimum atomic E-state index is -0.323. The SMILES string of the molecule is CCOc1ccccc1NC(=O)N1Cc2c(CC)nn(-c3ccccc3)c2-n2cccc2[C@@H]1c1ccc(CC)cc1. The van der Waals surface area contributed by atoms with Gasteiger partial charge < -0.3 is 19.5 Å². The second-order valence-electron chi connectivity index (χ2n) is 10.1. The molecular formula is C34H35N5O2. The number of amides is 2. The van der Waals surface area contributed by atoms with E-state index >= 15 is 0 Å². The molecule has 41 heavy (non-hydrogen) atoms. The highest BCUT2D eigenvalue weighted by atomic mass is 16.5. The third-order valence-corrected chi connectivity index (χ3v) is 7.70. The van der Waals surface area contributed by atoms with E-state index < -0.39 is 0 Å². The number of ether oxygens (including phenoxy) is 1. The number of rotatable bonds is 7. The molecule has 0 bridgehead atoms. The number of hydrogen-bond donors (Lipinski definition) is 1. The van der Waals surface area contributed by atoms with Crippen molar-refractivity contribution >= 4 is 11.7 Å². The zero-order chi connectivity index (χ0) is 28.3. The summed E-state index contributed by atoms with van der Waals surface area (Å²) in [6.45, 7) is 7.12. The average Bonchev–Trinajstić information content (AvgIpc) is 3.60. The van der Waals surface area contributed by atoms with E-state index in [0.717, 1.165) is 46.9 Å². The van der Waals surface area contributed by atoms with Crippen molar-refractivity contribution < 1.29 is 9.53 Å². The Morgan fingerprint density at radius 2 is 1.66 bits per heavy atom. The second-order valence-corrected chi connectivity index (χ2v) is 10.1. The molecule has 1 N–H and O–H groups in total. The van der Waals surface area contributed by atoms with E-state index in [0.29, 0.717) is 24.6 Å². The molecule has 0 saturated carbocycles. The Morgan fingerprint density at radius 3 is 2.39 bits per heavy atom. The van der Waals surface area contributed by atoms with Crippen LogP contribution in [0.1, 0.15) is 54.9 Å². The number of urea groups is 1. The van der Waals surface area contributed by atoms with E-state index in [1.165, 1.54) is 5.56 Å². The van der Waals surface area contributed by atoms with Crippen molar-refractivity contribution in [2.75, 3.05) is 11.9 Å². The number of aromatic nitrogens is 3. The molecule has 5 aromatic rings. The smallest absolute Gasteiger partial charge is 0.323 e. The van der Waals surface area contributed by atoms with Gasteiger partial charge in [-0.2, -0.15) is 5.10 Å². The molecule has 0 spiro atoms. The largest absolute Gasteiger partial charge is 0.492 e. The lowest BCUT2D eigenvalue weighted by molar-refractivity contribution is 0.194. The number of nitrogens with one attached hydrogen (secondary N) is 1. The van der Waals surface area contributed by atoms with Crippen LogP contribution in [0.4, 0.5) is 10.5 Å². The van der Waals surface area contributed by atoms with Crippen molar-refractivity contribution in [3.8, 4) is 17.3 Å². The number of hydrogen-bond acceptors (Lipinski definition) is 3. The van der Waals surface area contributed by atoms with Crippen LogP contribution in [-0.4, -0.2) is 31.9 Å². The minimum absolute atomic E-state index is 0.197. The molecule has 2 aromatic heterocycles. The van der Waals surface area contributed by atoms with Crippen LogP contribution in [0.25, 0.3) is 11.5 Å². The molecular weight excluding hydrogens is 510 g/mol. The van der Waals surface area contributed by atoms with E-state index in [1.807, 2.05) is 65.0 Å². The third-order valence-electron chi connectivity index (χ3n) is 7.70. The standard InChI is InChI=1S/C34H35N5O2/c1-4-24-18-20-25(21-19-24)32-30-16-12-22-37(30)33-27(28(5-2)36-39(33)26-13-8-7-9-14-26)23-38(32)34(40)35-29-15-10-11-17-31(29)41-6-3/h7-22,32H,4-6,23H2,1-3H3,(H,35,40)/t32-/m0/s1. The number of aryl methyl sites for hydroxylation is 2. The Bertz CT molecular complexity index is 1650. The van der Waals surface area contributed by atoms with Crippen LogP contribution in [0.3, 0.4) is 0 Å². The number of benzene rings is 3. The van der Waals surface area contributed by atoms with Gasteiger partial charge in [-0.25, -0.2) is 9.48 Å². The lowest BCUT2D eigenvalue weighted by atomic mass is 9.99.